The summed E-state index contributed by atoms with van der Waals surface area (Å²) in [6, 6.07) is 19.0. The van der Waals surface area contributed by atoms with Crippen molar-refractivity contribution in [2.75, 3.05) is 0 Å². The minimum atomic E-state index is -0.455. The molecule has 0 N–H and O–H groups in total. The van der Waals surface area contributed by atoms with Crippen LogP contribution in [0.25, 0.3) is 0 Å². The molecular weight excluding hydrogens is 430 g/mol. The number of carbonyl (C=O) groups excluding carboxylic acids is 1. The Morgan fingerprint density at radius 2 is 1.26 bits per heavy atom. The average Bonchev–Trinajstić information content (AvgIpc) is 2.77. The first-order valence-corrected chi connectivity index (χ1v) is 11.2. The van der Waals surface area contributed by atoms with Crippen LogP contribution in [0.1, 0.15) is 68.6 Å². The molecule has 0 radical (unpaired) electrons. The van der Waals surface area contributed by atoms with Gasteiger partial charge in [-0.05, 0) is 63.9 Å². The molecule has 0 saturated carbocycles. The van der Waals surface area contributed by atoms with Gasteiger partial charge >= 0.3 is 5.97 Å². The van der Waals surface area contributed by atoms with Crippen LogP contribution in [-0.4, -0.2) is 10.9 Å². The fraction of sp³-hybridized carbons (Fsp3) is 0.321. The van der Waals surface area contributed by atoms with Crippen molar-refractivity contribution < 1.29 is 19.2 Å². The van der Waals surface area contributed by atoms with Crippen molar-refractivity contribution in [2.45, 2.75) is 59.0 Å². The zero-order chi connectivity index (χ0) is 25.1. The summed E-state index contributed by atoms with van der Waals surface area (Å²) >= 11 is 0. The van der Waals surface area contributed by atoms with Gasteiger partial charge in [-0.1, -0.05) is 59.7 Å². The maximum atomic E-state index is 12.9. The molecule has 3 aromatic carbocycles. The van der Waals surface area contributed by atoms with Crippen molar-refractivity contribution >= 4 is 11.7 Å². The van der Waals surface area contributed by atoms with E-state index in [0.717, 1.165) is 16.7 Å². The first-order valence-electron chi connectivity index (χ1n) is 11.2. The molecule has 0 amide bonds. The third kappa shape index (κ3) is 6.44. The van der Waals surface area contributed by atoms with Crippen LogP contribution >= 0.6 is 0 Å². The minimum Gasteiger partial charge on any atom is -0.457 e. The third-order valence-electron chi connectivity index (χ3n) is 5.48. The molecule has 0 aliphatic heterocycles. The normalized spacial score (nSPS) is 11.7. The summed E-state index contributed by atoms with van der Waals surface area (Å²) < 4.78 is 11.3. The summed E-state index contributed by atoms with van der Waals surface area (Å²) in [6.07, 6.45) is 0. The summed E-state index contributed by atoms with van der Waals surface area (Å²) in [4.78, 5) is 23.2. The minimum absolute atomic E-state index is 0.00664. The van der Waals surface area contributed by atoms with Gasteiger partial charge < -0.3 is 9.47 Å². The lowest BCUT2D eigenvalue weighted by molar-refractivity contribution is -0.384. The standard InChI is InChI=1S/C28H31NO5/c1-27(2,3)21-15-20(16-22(17-21)28(4,5)6)26(30)33-18-19-7-11-24(12-8-19)34-25-13-9-23(10-14-25)29(31)32/h7-17H,18H2,1-6H3. The molecule has 178 valence electrons. The Labute approximate surface area is 200 Å². The average molecular weight is 462 g/mol. The lowest BCUT2D eigenvalue weighted by Gasteiger charge is -2.25. The maximum absolute atomic E-state index is 12.9. The monoisotopic (exact) mass is 461 g/mol. The molecule has 3 aromatic rings. The second-order valence-electron chi connectivity index (χ2n) is 10.4. The molecule has 3 rings (SSSR count). The van der Waals surface area contributed by atoms with Crippen LogP contribution in [0.3, 0.4) is 0 Å². The van der Waals surface area contributed by atoms with Gasteiger partial charge in [0.05, 0.1) is 10.5 Å². The molecule has 0 fully saturated rings. The van der Waals surface area contributed by atoms with Crippen LogP contribution in [0.2, 0.25) is 0 Å². The smallest absolute Gasteiger partial charge is 0.338 e. The predicted octanol–water partition coefficient (Wildman–Crippen LogP) is 7.34. The highest BCUT2D eigenvalue weighted by atomic mass is 16.6. The first kappa shape index (κ1) is 25.0. The van der Waals surface area contributed by atoms with Gasteiger partial charge in [-0.15, -0.1) is 0 Å². The molecule has 0 aromatic heterocycles. The summed E-state index contributed by atoms with van der Waals surface area (Å²) in [5, 5.41) is 10.8. The van der Waals surface area contributed by atoms with Crippen molar-refractivity contribution in [2.24, 2.45) is 0 Å². The Morgan fingerprint density at radius 1 is 0.794 bits per heavy atom. The van der Waals surface area contributed by atoms with E-state index >= 15 is 0 Å². The molecule has 34 heavy (non-hydrogen) atoms. The Balaban J connectivity index is 1.67. The number of rotatable bonds is 6. The maximum Gasteiger partial charge on any atom is 0.338 e. The number of nitrogens with zero attached hydrogens (tertiary/aromatic N) is 1. The Kier molecular flexibility index (Phi) is 7.10. The van der Waals surface area contributed by atoms with E-state index in [-0.39, 0.29) is 29.1 Å². The van der Waals surface area contributed by atoms with Gasteiger partial charge in [0.2, 0.25) is 0 Å². The SMILES string of the molecule is CC(C)(C)c1cc(C(=O)OCc2ccc(Oc3ccc([N+](=O)[O-])cc3)cc2)cc(C(C)(C)C)c1. The van der Waals surface area contributed by atoms with Crippen molar-refractivity contribution in [1.29, 1.82) is 0 Å². The summed E-state index contributed by atoms with van der Waals surface area (Å²) in [5.41, 5.74) is 3.40. The summed E-state index contributed by atoms with van der Waals surface area (Å²) in [6.45, 7) is 12.9. The molecule has 0 heterocycles. The van der Waals surface area contributed by atoms with Gasteiger partial charge in [0.15, 0.2) is 0 Å². The number of esters is 1. The second kappa shape index (κ2) is 9.67. The zero-order valence-electron chi connectivity index (χ0n) is 20.5. The van der Waals surface area contributed by atoms with Gasteiger partial charge in [-0.3, -0.25) is 10.1 Å². The number of carbonyl (C=O) groups is 1. The molecule has 0 spiro atoms. The lowest BCUT2D eigenvalue weighted by atomic mass is 9.79. The fourth-order valence-electron chi connectivity index (χ4n) is 3.27. The number of benzene rings is 3. The van der Waals surface area contributed by atoms with E-state index in [9.17, 15) is 14.9 Å². The van der Waals surface area contributed by atoms with Crippen LogP contribution in [-0.2, 0) is 22.2 Å². The lowest BCUT2D eigenvalue weighted by Crippen LogP contribution is -2.18. The molecular formula is C28H31NO5. The van der Waals surface area contributed by atoms with Gasteiger partial charge in [0.25, 0.3) is 5.69 Å². The number of non-ortho nitro benzene ring substituents is 1. The Hall–Kier alpha value is -3.67. The topological polar surface area (TPSA) is 78.7 Å². The molecule has 0 unspecified atom stereocenters. The summed E-state index contributed by atoms with van der Waals surface area (Å²) in [7, 11) is 0. The number of hydrogen-bond acceptors (Lipinski definition) is 5. The molecule has 0 aliphatic rings. The quantitative estimate of drug-likeness (QED) is 0.218. The van der Waals surface area contributed by atoms with Gasteiger partial charge in [0.1, 0.15) is 18.1 Å². The Morgan fingerprint density at radius 3 is 1.71 bits per heavy atom. The van der Waals surface area contributed by atoms with E-state index in [4.69, 9.17) is 9.47 Å². The van der Waals surface area contributed by atoms with E-state index in [1.807, 2.05) is 24.3 Å². The van der Waals surface area contributed by atoms with Crippen LogP contribution < -0.4 is 4.74 Å². The molecule has 0 aliphatic carbocycles. The van der Waals surface area contributed by atoms with E-state index < -0.39 is 4.92 Å². The molecule has 6 nitrogen and oxygen atoms in total. The van der Waals surface area contributed by atoms with E-state index in [1.54, 1.807) is 24.3 Å². The van der Waals surface area contributed by atoms with Crippen molar-refractivity contribution in [3.63, 3.8) is 0 Å². The number of hydrogen-bond donors (Lipinski definition) is 0. The fourth-order valence-corrected chi connectivity index (χ4v) is 3.27. The van der Waals surface area contributed by atoms with Gasteiger partial charge in [-0.25, -0.2) is 4.79 Å². The summed E-state index contributed by atoms with van der Waals surface area (Å²) in [5.74, 6) is 0.720. The van der Waals surface area contributed by atoms with Gasteiger partial charge in [-0.2, -0.15) is 0 Å². The highest BCUT2D eigenvalue weighted by Crippen LogP contribution is 2.31. The van der Waals surface area contributed by atoms with Gasteiger partial charge in [0, 0.05) is 12.1 Å². The molecule has 6 heteroatoms. The highest BCUT2D eigenvalue weighted by molar-refractivity contribution is 5.90. The van der Waals surface area contributed by atoms with Crippen molar-refractivity contribution in [3.8, 4) is 11.5 Å². The van der Waals surface area contributed by atoms with E-state index in [2.05, 4.69) is 47.6 Å². The number of ether oxygens (including phenoxy) is 2. The van der Waals surface area contributed by atoms with Crippen LogP contribution in [0, 0.1) is 10.1 Å². The number of nitro benzene ring substituents is 1. The van der Waals surface area contributed by atoms with E-state index in [0.29, 0.717) is 17.1 Å². The van der Waals surface area contributed by atoms with Crippen LogP contribution in [0.15, 0.2) is 66.7 Å². The first-order chi connectivity index (χ1) is 15.8. The molecule has 0 bridgehead atoms. The zero-order valence-corrected chi connectivity index (χ0v) is 20.5. The third-order valence-corrected chi connectivity index (χ3v) is 5.48. The largest absolute Gasteiger partial charge is 0.457 e. The van der Waals surface area contributed by atoms with Crippen LogP contribution in [0.5, 0.6) is 11.5 Å². The predicted molar refractivity (Wildman–Crippen MR) is 133 cm³/mol. The number of nitro groups is 1. The highest BCUT2D eigenvalue weighted by Gasteiger charge is 2.22. The van der Waals surface area contributed by atoms with E-state index in [1.165, 1.54) is 12.1 Å². The van der Waals surface area contributed by atoms with Crippen molar-refractivity contribution in [3.05, 3.63) is 99.1 Å². The van der Waals surface area contributed by atoms with Crippen LogP contribution in [0.4, 0.5) is 5.69 Å². The Bertz CT molecular complexity index is 1140. The second-order valence-corrected chi connectivity index (χ2v) is 10.4. The van der Waals surface area contributed by atoms with Crippen molar-refractivity contribution in [1.82, 2.24) is 0 Å². The molecule has 0 atom stereocenters. The molecule has 0 saturated heterocycles.